The minimum absolute atomic E-state index is 0.0662. The first kappa shape index (κ1) is 25.6. The van der Waals surface area contributed by atoms with E-state index >= 15 is 0 Å². The molecule has 36 heavy (non-hydrogen) atoms. The van der Waals surface area contributed by atoms with E-state index in [0.717, 1.165) is 11.1 Å². The van der Waals surface area contributed by atoms with Crippen LogP contribution in [0.4, 0.5) is 13.2 Å². The van der Waals surface area contributed by atoms with Crippen LogP contribution in [0.2, 0.25) is 0 Å². The van der Waals surface area contributed by atoms with Crippen molar-refractivity contribution in [2.45, 2.75) is 38.8 Å². The zero-order valence-corrected chi connectivity index (χ0v) is 20.3. The molecule has 1 aliphatic heterocycles. The van der Waals surface area contributed by atoms with Gasteiger partial charge >= 0.3 is 12.1 Å². The van der Waals surface area contributed by atoms with E-state index in [4.69, 9.17) is 14.0 Å². The number of halogens is 3. The van der Waals surface area contributed by atoms with Gasteiger partial charge in [0.15, 0.2) is 22.9 Å². The van der Waals surface area contributed by atoms with Crippen molar-refractivity contribution >= 4 is 23.2 Å². The molecule has 0 spiro atoms. The van der Waals surface area contributed by atoms with Crippen molar-refractivity contribution in [3.05, 3.63) is 45.7 Å². The predicted molar refractivity (Wildman–Crippen MR) is 122 cm³/mol. The predicted octanol–water partition coefficient (Wildman–Crippen LogP) is 4.81. The molecular formula is C23H23F3N4O5S. The molecule has 0 unspecified atom stereocenters. The third-order valence-electron chi connectivity index (χ3n) is 5.58. The van der Waals surface area contributed by atoms with E-state index in [0.29, 0.717) is 43.6 Å². The smallest absolute Gasteiger partial charge is 0.418 e. The zero-order valence-electron chi connectivity index (χ0n) is 19.5. The molecule has 4 heterocycles. The molecule has 3 aromatic rings. The van der Waals surface area contributed by atoms with Crippen LogP contribution in [0.5, 0.6) is 5.75 Å². The van der Waals surface area contributed by atoms with Gasteiger partial charge in [-0.2, -0.15) is 13.2 Å². The maximum Gasteiger partial charge on any atom is 0.418 e. The molecule has 3 aromatic heterocycles. The Hall–Kier alpha value is -3.48. The number of pyridine rings is 1. The number of hydrogen-bond donors (Lipinski definition) is 0. The van der Waals surface area contributed by atoms with Gasteiger partial charge in [0.05, 0.1) is 23.8 Å². The number of likely N-dealkylation sites (tertiary alicyclic amines) is 1. The zero-order chi connectivity index (χ0) is 25.9. The molecule has 1 saturated heterocycles. The number of hydrogen-bond acceptors (Lipinski definition) is 9. The Morgan fingerprint density at radius 3 is 2.61 bits per heavy atom. The molecule has 0 atom stereocenters. The molecule has 9 nitrogen and oxygen atoms in total. The Bertz CT molecular complexity index is 1230. The van der Waals surface area contributed by atoms with Crippen molar-refractivity contribution in [1.29, 1.82) is 0 Å². The van der Waals surface area contributed by atoms with Crippen molar-refractivity contribution < 1.29 is 36.8 Å². The Kier molecular flexibility index (Phi) is 7.57. The van der Waals surface area contributed by atoms with E-state index in [1.54, 1.807) is 18.7 Å². The maximum absolute atomic E-state index is 13.1. The number of thiazole rings is 1. The van der Waals surface area contributed by atoms with Crippen LogP contribution in [0, 0.1) is 0 Å². The van der Waals surface area contributed by atoms with Crippen molar-refractivity contribution in [3.8, 4) is 17.2 Å². The van der Waals surface area contributed by atoms with Crippen LogP contribution in [0.15, 0.2) is 28.2 Å². The van der Waals surface area contributed by atoms with Gasteiger partial charge in [0.25, 0.3) is 5.91 Å². The molecule has 192 valence electrons. The minimum Gasteiger partial charge on any atom is -0.491 e. The number of esters is 1. The topological polar surface area (TPSA) is 108 Å². The van der Waals surface area contributed by atoms with E-state index in [1.807, 2.05) is 5.38 Å². The minimum atomic E-state index is -4.59. The summed E-state index contributed by atoms with van der Waals surface area (Å²) in [7, 11) is 0. The van der Waals surface area contributed by atoms with Gasteiger partial charge in [0.2, 0.25) is 0 Å². The molecule has 0 bridgehead atoms. The van der Waals surface area contributed by atoms with E-state index in [1.165, 1.54) is 17.4 Å². The van der Waals surface area contributed by atoms with E-state index in [9.17, 15) is 22.8 Å². The van der Waals surface area contributed by atoms with Crippen LogP contribution in [0.25, 0.3) is 11.5 Å². The summed E-state index contributed by atoms with van der Waals surface area (Å²) in [6.07, 6.45) is -2.70. The van der Waals surface area contributed by atoms with Crippen LogP contribution in [-0.2, 0) is 10.9 Å². The summed E-state index contributed by atoms with van der Waals surface area (Å²) in [4.78, 5) is 34.8. The first-order valence-electron chi connectivity index (χ1n) is 11.3. The molecule has 0 saturated carbocycles. The standard InChI is InChI=1S/C23H23F3N4O5S/c1-3-33-18-9-14(23(24,25)26)11-27-19(18)21(31)30-7-5-13(6-8-30)20-28-16(12-36-20)17-10-15(29-35-17)22(32)34-4-2/h9-13H,3-8H2,1-2H3. The lowest BCUT2D eigenvalue weighted by Crippen LogP contribution is -2.38. The summed E-state index contributed by atoms with van der Waals surface area (Å²) >= 11 is 1.44. The molecular weight excluding hydrogens is 501 g/mol. The number of carbonyl (C=O) groups is 2. The Morgan fingerprint density at radius 1 is 1.19 bits per heavy atom. The van der Waals surface area contributed by atoms with Gasteiger partial charge in [-0.3, -0.25) is 4.79 Å². The Morgan fingerprint density at radius 2 is 1.94 bits per heavy atom. The van der Waals surface area contributed by atoms with Gasteiger partial charge in [-0.05, 0) is 32.8 Å². The highest BCUT2D eigenvalue weighted by molar-refractivity contribution is 7.10. The molecule has 1 amide bonds. The van der Waals surface area contributed by atoms with Gasteiger partial charge in [-0.25, -0.2) is 14.8 Å². The SMILES string of the molecule is CCOC(=O)c1cc(-c2csc(C3CCN(C(=O)c4ncc(C(F)(F)F)cc4OCC)CC3)n2)on1. The van der Waals surface area contributed by atoms with Gasteiger partial charge in [-0.1, -0.05) is 5.16 Å². The van der Waals surface area contributed by atoms with Crippen molar-refractivity contribution in [2.75, 3.05) is 26.3 Å². The van der Waals surface area contributed by atoms with Gasteiger partial charge in [0, 0.05) is 36.7 Å². The van der Waals surface area contributed by atoms with Gasteiger partial charge in [0.1, 0.15) is 5.69 Å². The summed E-state index contributed by atoms with van der Waals surface area (Å²) in [5, 5.41) is 6.39. The summed E-state index contributed by atoms with van der Waals surface area (Å²) in [5.41, 5.74) is -0.493. The number of carbonyl (C=O) groups excluding carboxylic acids is 2. The summed E-state index contributed by atoms with van der Waals surface area (Å²) in [6, 6.07) is 2.29. The second-order valence-electron chi connectivity index (χ2n) is 7.94. The van der Waals surface area contributed by atoms with Gasteiger partial charge in [-0.15, -0.1) is 11.3 Å². The van der Waals surface area contributed by atoms with E-state index in [2.05, 4.69) is 15.1 Å². The number of nitrogens with zero attached hydrogens (tertiary/aromatic N) is 4. The Balaban J connectivity index is 1.41. The highest BCUT2D eigenvalue weighted by Gasteiger charge is 2.34. The third-order valence-corrected chi connectivity index (χ3v) is 6.59. The number of ether oxygens (including phenoxy) is 2. The molecule has 13 heteroatoms. The van der Waals surface area contributed by atoms with Crippen molar-refractivity contribution in [3.63, 3.8) is 0 Å². The highest BCUT2D eigenvalue weighted by Crippen LogP contribution is 2.35. The van der Waals surface area contributed by atoms with Crippen LogP contribution in [0.1, 0.15) is 64.2 Å². The number of alkyl halides is 3. The normalized spacial score (nSPS) is 14.6. The fraction of sp³-hybridized carbons (Fsp3) is 0.435. The van der Waals surface area contributed by atoms with Crippen LogP contribution >= 0.6 is 11.3 Å². The number of aromatic nitrogens is 3. The maximum atomic E-state index is 13.1. The van der Waals surface area contributed by atoms with E-state index in [-0.39, 0.29) is 36.3 Å². The average Bonchev–Trinajstić information content (AvgIpc) is 3.54. The number of piperidine rings is 1. The third kappa shape index (κ3) is 5.50. The second-order valence-corrected chi connectivity index (χ2v) is 8.83. The molecule has 4 rings (SSSR count). The molecule has 0 aromatic carbocycles. The first-order chi connectivity index (χ1) is 17.2. The fourth-order valence-electron chi connectivity index (χ4n) is 3.79. The second kappa shape index (κ2) is 10.6. The summed E-state index contributed by atoms with van der Waals surface area (Å²) in [6.45, 7) is 4.43. The molecule has 1 aliphatic rings. The number of rotatable bonds is 7. The molecule has 0 radical (unpaired) electrons. The monoisotopic (exact) mass is 524 g/mol. The number of amides is 1. The Labute approximate surface area is 208 Å². The fourth-order valence-corrected chi connectivity index (χ4v) is 4.77. The van der Waals surface area contributed by atoms with E-state index < -0.39 is 23.6 Å². The highest BCUT2D eigenvalue weighted by atomic mass is 32.1. The first-order valence-corrected chi connectivity index (χ1v) is 12.2. The average molecular weight is 525 g/mol. The van der Waals surface area contributed by atoms with Crippen LogP contribution < -0.4 is 4.74 Å². The molecule has 0 N–H and O–H groups in total. The largest absolute Gasteiger partial charge is 0.491 e. The van der Waals surface area contributed by atoms with Crippen molar-refractivity contribution in [2.24, 2.45) is 0 Å². The lowest BCUT2D eigenvalue weighted by atomic mass is 9.97. The molecule has 1 fully saturated rings. The summed E-state index contributed by atoms with van der Waals surface area (Å²) in [5.74, 6) is -0.788. The van der Waals surface area contributed by atoms with Crippen LogP contribution in [-0.4, -0.2) is 58.2 Å². The quantitative estimate of drug-likeness (QED) is 0.406. The summed E-state index contributed by atoms with van der Waals surface area (Å²) < 4.78 is 54.6. The lowest BCUT2D eigenvalue weighted by molar-refractivity contribution is -0.138. The molecule has 0 aliphatic carbocycles. The lowest BCUT2D eigenvalue weighted by Gasteiger charge is -2.31. The van der Waals surface area contributed by atoms with Gasteiger partial charge < -0.3 is 18.9 Å². The van der Waals surface area contributed by atoms with Crippen molar-refractivity contribution in [1.82, 2.24) is 20.0 Å². The van der Waals surface area contributed by atoms with Crippen LogP contribution in [0.3, 0.4) is 0 Å².